The summed E-state index contributed by atoms with van der Waals surface area (Å²) in [6.07, 6.45) is 0.454. The molecule has 0 atom stereocenters. The molecule has 3 aromatic rings. The topological polar surface area (TPSA) is 67.2 Å². The maximum absolute atomic E-state index is 12.6. The van der Waals surface area contributed by atoms with Gasteiger partial charge in [0.15, 0.2) is 5.82 Å². The summed E-state index contributed by atoms with van der Waals surface area (Å²) in [5.74, 6) is 2.56. The van der Waals surface area contributed by atoms with Crippen LogP contribution in [0.15, 0.2) is 42.5 Å². The second kappa shape index (κ2) is 8.03. The van der Waals surface area contributed by atoms with Gasteiger partial charge in [-0.1, -0.05) is 30.3 Å². The summed E-state index contributed by atoms with van der Waals surface area (Å²) >= 11 is 0. The first-order chi connectivity index (χ1) is 14.0. The fourth-order valence-electron chi connectivity index (χ4n) is 3.74. The lowest BCUT2D eigenvalue weighted by molar-refractivity contribution is -0.130. The zero-order valence-corrected chi connectivity index (χ0v) is 17.2. The number of hydrogen-bond acceptors (Lipinski definition) is 5. The molecular weight excluding hydrogens is 364 g/mol. The number of piperazine rings is 1. The molecule has 4 rings (SSSR count). The van der Waals surface area contributed by atoms with E-state index in [1.54, 1.807) is 0 Å². The molecule has 0 N–H and O–H groups in total. The zero-order chi connectivity index (χ0) is 20.4. The summed E-state index contributed by atoms with van der Waals surface area (Å²) in [5, 5.41) is 4.54. The Morgan fingerprint density at radius 1 is 0.931 bits per heavy atom. The maximum Gasteiger partial charge on any atom is 0.227 e. The van der Waals surface area contributed by atoms with E-state index in [2.05, 4.69) is 20.0 Å². The van der Waals surface area contributed by atoms with E-state index in [-0.39, 0.29) is 5.91 Å². The summed E-state index contributed by atoms with van der Waals surface area (Å²) in [5.41, 5.74) is 3.06. The first kappa shape index (κ1) is 19.1. The molecule has 29 heavy (non-hydrogen) atoms. The molecule has 1 aliphatic rings. The van der Waals surface area contributed by atoms with Gasteiger partial charge in [-0.05, 0) is 32.4 Å². The van der Waals surface area contributed by atoms with E-state index in [1.807, 2.05) is 72.8 Å². The fraction of sp³-hybridized carbons (Fsp3) is 0.364. The van der Waals surface area contributed by atoms with Crippen molar-refractivity contribution in [1.29, 1.82) is 0 Å². The lowest BCUT2D eigenvalue weighted by Gasteiger charge is -2.35. The third-order valence-electron chi connectivity index (χ3n) is 5.19. The van der Waals surface area contributed by atoms with Crippen LogP contribution < -0.4 is 4.90 Å². The summed E-state index contributed by atoms with van der Waals surface area (Å²) < 4.78 is 1.85. The molecule has 1 amide bonds. The Morgan fingerprint density at radius 3 is 2.28 bits per heavy atom. The van der Waals surface area contributed by atoms with Gasteiger partial charge in [0, 0.05) is 37.9 Å². The Labute approximate surface area is 171 Å². The predicted octanol–water partition coefficient (Wildman–Crippen LogP) is 2.48. The highest BCUT2D eigenvalue weighted by Gasteiger charge is 2.23. The molecule has 1 aliphatic heterocycles. The smallest absolute Gasteiger partial charge is 0.227 e. The van der Waals surface area contributed by atoms with E-state index in [0.29, 0.717) is 25.3 Å². The van der Waals surface area contributed by atoms with Crippen molar-refractivity contribution in [2.75, 3.05) is 31.1 Å². The van der Waals surface area contributed by atoms with E-state index in [4.69, 9.17) is 0 Å². The Hall–Kier alpha value is -3.22. The van der Waals surface area contributed by atoms with Crippen LogP contribution in [0, 0.1) is 20.8 Å². The molecule has 0 spiro atoms. The van der Waals surface area contributed by atoms with Crippen molar-refractivity contribution in [3.05, 3.63) is 65.2 Å². The molecule has 2 aromatic heterocycles. The first-order valence-corrected chi connectivity index (χ1v) is 9.95. The number of amides is 1. The SMILES string of the molecule is Cc1cc(C)n(-c2cc(N3CCN(C(=O)Cc4ccccc4)CC3)nc(C)n2)n1. The van der Waals surface area contributed by atoms with Crippen molar-refractivity contribution in [2.45, 2.75) is 27.2 Å². The molecule has 1 fully saturated rings. The van der Waals surface area contributed by atoms with Crippen LogP contribution in [0.1, 0.15) is 22.8 Å². The minimum absolute atomic E-state index is 0.179. The van der Waals surface area contributed by atoms with Gasteiger partial charge in [-0.2, -0.15) is 5.10 Å². The quantitative estimate of drug-likeness (QED) is 0.685. The van der Waals surface area contributed by atoms with Crippen LogP contribution in [0.2, 0.25) is 0 Å². The van der Waals surface area contributed by atoms with Gasteiger partial charge in [0.2, 0.25) is 5.91 Å². The maximum atomic E-state index is 12.6. The number of benzene rings is 1. The Balaban J connectivity index is 1.44. The highest BCUT2D eigenvalue weighted by atomic mass is 16.2. The van der Waals surface area contributed by atoms with Gasteiger partial charge < -0.3 is 9.80 Å². The van der Waals surface area contributed by atoms with E-state index in [9.17, 15) is 4.79 Å². The lowest BCUT2D eigenvalue weighted by Crippen LogP contribution is -2.49. The van der Waals surface area contributed by atoms with Crippen LogP contribution in [0.3, 0.4) is 0 Å². The molecule has 1 saturated heterocycles. The van der Waals surface area contributed by atoms with Crippen LogP contribution in [0.4, 0.5) is 5.82 Å². The molecule has 0 saturated carbocycles. The summed E-state index contributed by atoms with van der Waals surface area (Å²) in [4.78, 5) is 26.0. The normalized spacial score (nSPS) is 14.3. The lowest BCUT2D eigenvalue weighted by atomic mass is 10.1. The Morgan fingerprint density at radius 2 is 1.62 bits per heavy atom. The molecule has 7 heteroatoms. The largest absolute Gasteiger partial charge is 0.353 e. The Kier molecular flexibility index (Phi) is 5.29. The van der Waals surface area contributed by atoms with Gasteiger partial charge in [0.1, 0.15) is 11.6 Å². The Bertz CT molecular complexity index is 1010. The number of aromatic nitrogens is 4. The van der Waals surface area contributed by atoms with Gasteiger partial charge in [0.25, 0.3) is 0 Å². The zero-order valence-electron chi connectivity index (χ0n) is 17.2. The second-order valence-electron chi connectivity index (χ2n) is 7.50. The molecule has 0 radical (unpaired) electrons. The van der Waals surface area contributed by atoms with Crippen molar-refractivity contribution in [1.82, 2.24) is 24.6 Å². The molecule has 1 aromatic carbocycles. The molecule has 150 valence electrons. The van der Waals surface area contributed by atoms with Gasteiger partial charge in [-0.15, -0.1) is 0 Å². The van der Waals surface area contributed by atoms with E-state index in [0.717, 1.165) is 41.7 Å². The van der Waals surface area contributed by atoms with Crippen molar-refractivity contribution in [3.8, 4) is 5.82 Å². The number of rotatable bonds is 4. The van der Waals surface area contributed by atoms with Crippen LogP contribution in [-0.2, 0) is 11.2 Å². The summed E-state index contributed by atoms with van der Waals surface area (Å²) in [6, 6.07) is 13.9. The molecular formula is C22H26N6O. The van der Waals surface area contributed by atoms with Gasteiger partial charge >= 0.3 is 0 Å². The van der Waals surface area contributed by atoms with E-state index < -0.39 is 0 Å². The highest BCUT2D eigenvalue weighted by molar-refractivity contribution is 5.79. The van der Waals surface area contributed by atoms with E-state index in [1.165, 1.54) is 0 Å². The third kappa shape index (κ3) is 4.29. The predicted molar refractivity (Wildman–Crippen MR) is 112 cm³/mol. The number of carbonyl (C=O) groups excluding carboxylic acids is 1. The van der Waals surface area contributed by atoms with Gasteiger partial charge in [-0.3, -0.25) is 4.79 Å². The monoisotopic (exact) mass is 390 g/mol. The number of nitrogens with zero attached hydrogens (tertiary/aromatic N) is 6. The van der Waals surface area contributed by atoms with Crippen molar-refractivity contribution in [3.63, 3.8) is 0 Å². The third-order valence-corrected chi connectivity index (χ3v) is 5.19. The first-order valence-electron chi connectivity index (χ1n) is 9.95. The van der Waals surface area contributed by atoms with Crippen LogP contribution in [-0.4, -0.2) is 56.7 Å². The fourth-order valence-corrected chi connectivity index (χ4v) is 3.74. The van der Waals surface area contributed by atoms with Crippen molar-refractivity contribution < 1.29 is 4.79 Å². The van der Waals surface area contributed by atoms with Crippen molar-refractivity contribution in [2.24, 2.45) is 0 Å². The van der Waals surface area contributed by atoms with Crippen molar-refractivity contribution >= 4 is 11.7 Å². The van der Waals surface area contributed by atoms with Gasteiger partial charge in [-0.25, -0.2) is 14.6 Å². The molecule has 3 heterocycles. The average molecular weight is 390 g/mol. The minimum atomic E-state index is 0.179. The molecule has 0 unspecified atom stereocenters. The minimum Gasteiger partial charge on any atom is -0.353 e. The number of hydrogen-bond donors (Lipinski definition) is 0. The van der Waals surface area contributed by atoms with Gasteiger partial charge in [0.05, 0.1) is 12.1 Å². The average Bonchev–Trinajstić information content (AvgIpc) is 3.06. The summed E-state index contributed by atoms with van der Waals surface area (Å²) in [6.45, 7) is 8.81. The highest BCUT2D eigenvalue weighted by Crippen LogP contribution is 2.19. The number of carbonyl (C=O) groups is 1. The molecule has 0 bridgehead atoms. The van der Waals surface area contributed by atoms with Crippen LogP contribution >= 0.6 is 0 Å². The van der Waals surface area contributed by atoms with Crippen LogP contribution in [0.25, 0.3) is 5.82 Å². The molecule has 0 aliphatic carbocycles. The summed E-state index contributed by atoms with van der Waals surface area (Å²) in [7, 11) is 0. The standard InChI is InChI=1S/C22H26N6O/c1-16-13-17(2)28(25-16)21-15-20(23-18(3)24-21)26-9-11-27(12-10-26)22(29)14-19-7-5-4-6-8-19/h4-8,13,15H,9-12,14H2,1-3H3. The number of anilines is 1. The van der Waals surface area contributed by atoms with E-state index >= 15 is 0 Å². The number of aryl methyl sites for hydroxylation is 3. The second-order valence-corrected chi connectivity index (χ2v) is 7.50. The molecule has 7 nitrogen and oxygen atoms in total. The van der Waals surface area contributed by atoms with Crippen LogP contribution in [0.5, 0.6) is 0 Å².